The quantitative estimate of drug-likeness (QED) is 0.403. The molecule has 1 heterocycles. The van der Waals surface area contributed by atoms with Crippen LogP contribution in [0.1, 0.15) is 38.3 Å². The van der Waals surface area contributed by atoms with E-state index in [-0.39, 0.29) is 40.9 Å². The first-order valence-corrected chi connectivity index (χ1v) is 11.2. The van der Waals surface area contributed by atoms with Crippen molar-refractivity contribution >= 4 is 33.7 Å². The molecule has 1 N–H and O–H groups in total. The largest absolute Gasteiger partial charge is 0.351 e. The predicted octanol–water partition coefficient (Wildman–Crippen LogP) is 2.68. The Labute approximate surface area is 185 Å². The molecule has 0 bridgehead atoms. The zero-order valence-electron chi connectivity index (χ0n) is 17.8. The van der Waals surface area contributed by atoms with E-state index in [9.17, 15) is 23.3 Å². The minimum Gasteiger partial charge on any atom is -0.351 e. The molecule has 0 spiro atoms. The second kappa shape index (κ2) is 8.87. The minimum atomic E-state index is -3.91. The van der Waals surface area contributed by atoms with Gasteiger partial charge in [0.05, 0.1) is 23.2 Å². The molecule has 0 radical (unpaired) electrons. The number of hydrazone groups is 1. The maximum atomic E-state index is 12.5. The fourth-order valence-corrected chi connectivity index (χ4v) is 4.28. The maximum Gasteiger partial charge on any atom is 0.285 e. The number of amides is 1. The molecule has 0 fully saturated rings. The highest BCUT2D eigenvalue weighted by molar-refractivity contribution is 7.90. The highest BCUT2D eigenvalue weighted by Crippen LogP contribution is 2.28. The number of nitrogens with zero attached hydrogens (tertiary/aromatic N) is 4. The van der Waals surface area contributed by atoms with E-state index in [1.165, 1.54) is 35.5 Å². The smallest absolute Gasteiger partial charge is 0.285 e. The average molecular weight is 458 g/mol. The van der Waals surface area contributed by atoms with Gasteiger partial charge >= 0.3 is 0 Å². The third kappa shape index (κ3) is 5.35. The molecule has 2 aromatic rings. The van der Waals surface area contributed by atoms with Gasteiger partial charge in [0.25, 0.3) is 15.7 Å². The summed E-state index contributed by atoms with van der Waals surface area (Å²) in [6.07, 6.45) is 1.27. The van der Waals surface area contributed by atoms with Gasteiger partial charge in [0.2, 0.25) is 5.91 Å². The molecule has 0 unspecified atom stereocenters. The van der Waals surface area contributed by atoms with Crippen molar-refractivity contribution in [3.05, 3.63) is 69.8 Å². The zero-order chi connectivity index (χ0) is 23.5. The first kappa shape index (κ1) is 23.1. The average Bonchev–Trinajstić information content (AvgIpc) is 2.98. The van der Waals surface area contributed by atoms with Crippen LogP contribution in [-0.2, 0) is 14.8 Å². The molecule has 168 valence electrons. The predicted molar refractivity (Wildman–Crippen MR) is 120 cm³/mol. The van der Waals surface area contributed by atoms with Crippen molar-refractivity contribution in [2.45, 2.75) is 37.6 Å². The van der Waals surface area contributed by atoms with E-state index >= 15 is 0 Å². The lowest BCUT2D eigenvalue weighted by atomic mass is 10.1. The number of fused-ring (bicyclic) bond motifs is 1. The number of carbonyl (C=O) groups excluding carboxylic acids is 1. The summed E-state index contributed by atoms with van der Waals surface area (Å²) in [5.74, 6) is -0.197. The molecule has 0 saturated carbocycles. The van der Waals surface area contributed by atoms with Crippen LogP contribution in [0.25, 0.3) is 0 Å². The van der Waals surface area contributed by atoms with E-state index in [0.29, 0.717) is 5.56 Å². The lowest BCUT2D eigenvalue weighted by molar-refractivity contribution is -0.385. The van der Waals surface area contributed by atoms with Crippen molar-refractivity contribution in [2.75, 3.05) is 6.54 Å². The Hall–Kier alpha value is -3.60. The Bertz CT molecular complexity index is 1220. The van der Waals surface area contributed by atoms with Crippen LogP contribution in [-0.4, -0.2) is 48.4 Å². The van der Waals surface area contributed by atoms with Gasteiger partial charge in [-0.25, -0.2) is 5.01 Å². The Balaban J connectivity index is 1.96. The van der Waals surface area contributed by atoms with E-state index in [1.54, 1.807) is 24.3 Å². The third-order valence-electron chi connectivity index (χ3n) is 4.39. The second-order valence-corrected chi connectivity index (χ2v) is 9.69. The summed E-state index contributed by atoms with van der Waals surface area (Å²) in [6, 6.07) is 12.3. The first-order valence-electron chi connectivity index (χ1n) is 9.78. The number of rotatable bonds is 6. The Morgan fingerprint density at radius 3 is 2.53 bits per heavy atom. The normalized spacial score (nSPS) is 14.7. The zero-order valence-corrected chi connectivity index (χ0v) is 18.7. The Morgan fingerprint density at radius 1 is 1.19 bits per heavy atom. The van der Waals surface area contributed by atoms with Crippen LogP contribution in [0.2, 0.25) is 0 Å². The SMILES string of the molecule is CC(C)(C)NC(=O)CCN(/N=C/c1ccccc1[N+](=O)[O-])C1=NS(=O)(=O)c2ccccc21. The lowest BCUT2D eigenvalue weighted by Gasteiger charge is -2.22. The van der Waals surface area contributed by atoms with Crippen molar-refractivity contribution in [3.8, 4) is 0 Å². The van der Waals surface area contributed by atoms with Gasteiger partial charge in [-0.2, -0.15) is 13.5 Å². The van der Waals surface area contributed by atoms with Crippen LogP contribution in [0.3, 0.4) is 0 Å². The fourth-order valence-electron chi connectivity index (χ4n) is 3.08. The van der Waals surface area contributed by atoms with Gasteiger partial charge in [0.1, 0.15) is 4.90 Å². The van der Waals surface area contributed by atoms with Gasteiger partial charge in [-0.1, -0.05) is 24.3 Å². The minimum absolute atomic E-state index is 0.00667. The van der Waals surface area contributed by atoms with Crippen LogP contribution < -0.4 is 5.32 Å². The monoisotopic (exact) mass is 457 g/mol. The van der Waals surface area contributed by atoms with Gasteiger partial charge in [-0.3, -0.25) is 14.9 Å². The van der Waals surface area contributed by atoms with Crippen LogP contribution in [0.4, 0.5) is 5.69 Å². The molecule has 1 amide bonds. The summed E-state index contributed by atoms with van der Waals surface area (Å²) in [5, 5.41) is 19.7. The summed E-state index contributed by atoms with van der Waals surface area (Å²) in [7, 11) is -3.91. The van der Waals surface area contributed by atoms with E-state index in [0.717, 1.165) is 0 Å². The topological polar surface area (TPSA) is 134 Å². The highest BCUT2D eigenvalue weighted by Gasteiger charge is 2.32. The van der Waals surface area contributed by atoms with E-state index in [2.05, 4.69) is 14.8 Å². The van der Waals surface area contributed by atoms with Gasteiger partial charge < -0.3 is 5.32 Å². The summed E-state index contributed by atoms with van der Waals surface area (Å²) >= 11 is 0. The van der Waals surface area contributed by atoms with E-state index in [4.69, 9.17) is 0 Å². The summed E-state index contributed by atoms with van der Waals surface area (Å²) in [6.45, 7) is 5.55. The summed E-state index contributed by atoms with van der Waals surface area (Å²) < 4.78 is 28.8. The number of hydrogen-bond donors (Lipinski definition) is 1. The van der Waals surface area contributed by atoms with Crippen molar-refractivity contribution < 1.29 is 18.1 Å². The molecular weight excluding hydrogens is 434 g/mol. The molecule has 32 heavy (non-hydrogen) atoms. The second-order valence-electron chi connectivity index (χ2n) is 8.12. The molecule has 10 nitrogen and oxygen atoms in total. The maximum absolute atomic E-state index is 12.5. The molecule has 1 aliphatic heterocycles. The summed E-state index contributed by atoms with van der Waals surface area (Å²) in [5.41, 5.74) is -0.000658. The number of amidine groups is 1. The molecule has 11 heteroatoms. The third-order valence-corrected chi connectivity index (χ3v) is 5.72. The molecule has 0 atom stereocenters. The van der Waals surface area contributed by atoms with Crippen molar-refractivity contribution in [3.63, 3.8) is 0 Å². The number of para-hydroxylation sites is 1. The molecule has 3 rings (SSSR count). The van der Waals surface area contributed by atoms with Crippen molar-refractivity contribution in [1.29, 1.82) is 0 Å². The molecular formula is C21H23N5O5S. The summed E-state index contributed by atoms with van der Waals surface area (Å²) in [4.78, 5) is 23.1. The molecule has 0 aromatic heterocycles. The standard InChI is InChI=1S/C21H23N5O5S/c1-21(2,3)23-19(27)12-13-25(22-14-15-8-4-6-10-17(15)26(28)29)20-16-9-5-7-11-18(16)32(30,31)24-20/h4-11,14H,12-13H2,1-3H3,(H,23,27)/b22-14+. The van der Waals surface area contributed by atoms with Crippen LogP contribution in [0.5, 0.6) is 0 Å². The Morgan fingerprint density at radius 2 is 1.84 bits per heavy atom. The highest BCUT2D eigenvalue weighted by atomic mass is 32.2. The number of sulfonamides is 1. The first-order chi connectivity index (χ1) is 15.0. The van der Waals surface area contributed by atoms with Crippen LogP contribution in [0.15, 0.2) is 62.9 Å². The number of nitrogens with one attached hydrogen (secondary N) is 1. The number of carbonyl (C=O) groups is 1. The van der Waals surface area contributed by atoms with Gasteiger partial charge in [-0.05, 0) is 39.0 Å². The molecule has 1 aliphatic rings. The van der Waals surface area contributed by atoms with E-state index < -0.39 is 20.5 Å². The lowest BCUT2D eigenvalue weighted by Crippen LogP contribution is -2.42. The number of nitro benzene ring substituents is 1. The fraction of sp³-hybridized carbons (Fsp3) is 0.286. The number of hydrogen-bond acceptors (Lipinski definition) is 7. The van der Waals surface area contributed by atoms with E-state index in [1.807, 2.05) is 20.8 Å². The van der Waals surface area contributed by atoms with Gasteiger partial charge in [0, 0.05) is 23.6 Å². The van der Waals surface area contributed by atoms with Crippen molar-refractivity contribution in [1.82, 2.24) is 10.3 Å². The molecule has 0 aliphatic carbocycles. The number of nitro groups is 1. The van der Waals surface area contributed by atoms with Crippen LogP contribution in [0, 0.1) is 10.1 Å². The van der Waals surface area contributed by atoms with Crippen molar-refractivity contribution in [2.24, 2.45) is 9.50 Å². The Kier molecular flexibility index (Phi) is 6.40. The molecule has 2 aromatic carbocycles. The molecule has 0 saturated heterocycles. The van der Waals surface area contributed by atoms with Gasteiger partial charge in [0.15, 0.2) is 5.84 Å². The number of benzene rings is 2. The van der Waals surface area contributed by atoms with Gasteiger partial charge in [-0.15, -0.1) is 4.40 Å². The van der Waals surface area contributed by atoms with Crippen LogP contribution >= 0.6 is 0 Å².